The van der Waals surface area contributed by atoms with Gasteiger partial charge in [-0.25, -0.2) is 0 Å². The van der Waals surface area contributed by atoms with Gasteiger partial charge in [-0.05, 0) is 12.0 Å². The van der Waals surface area contributed by atoms with Crippen LogP contribution in [0.2, 0.25) is 0 Å². The number of hydrogen-bond acceptors (Lipinski definition) is 6. The Balaban J connectivity index is 2.10. The van der Waals surface area contributed by atoms with E-state index in [0.29, 0.717) is 18.7 Å². The summed E-state index contributed by atoms with van der Waals surface area (Å²) in [4.78, 5) is 35.1. The van der Waals surface area contributed by atoms with E-state index in [-0.39, 0.29) is 29.5 Å². The molecule has 0 aliphatic carbocycles. The molecule has 1 unspecified atom stereocenters. The average molecular weight is 318 g/mol. The number of benzene rings is 1. The highest BCUT2D eigenvalue weighted by Crippen LogP contribution is 2.37. The van der Waals surface area contributed by atoms with Gasteiger partial charge in [-0.15, -0.1) is 0 Å². The maximum absolute atomic E-state index is 12.3. The van der Waals surface area contributed by atoms with Crippen molar-refractivity contribution in [1.29, 1.82) is 0 Å². The molecule has 1 aromatic carbocycles. The summed E-state index contributed by atoms with van der Waals surface area (Å²) >= 11 is 0. The van der Waals surface area contributed by atoms with Crippen LogP contribution >= 0.6 is 0 Å². The third kappa shape index (κ3) is 2.60. The lowest BCUT2D eigenvalue weighted by Gasteiger charge is -2.35. The van der Waals surface area contributed by atoms with Crippen molar-refractivity contribution in [1.82, 2.24) is 10.2 Å². The van der Waals surface area contributed by atoms with E-state index in [0.717, 1.165) is 6.42 Å². The largest absolute Gasteiger partial charge is 0.366 e. The smallest absolute Gasteiger partial charge is 0.294 e. The number of rotatable bonds is 3. The van der Waals surface area contributed by atoms with E-state index in [1.807, 2.05) is 0 Å². The highest BCUT2D eigenvalue weighted by Gasteiger charge is 2.43. The minimum absolute atomic E-state index is 0.0668. The summed E-state index contributed by atoms with van der Waals surface area (Å²) in [5, 5.41) is 25.4. The molecule has 1 saturated heterocycles. The van der Waals surface area contributed by atoms with Crippen molar-refractivity contribution >= 4 is 11.6 Å². The fourth-order valence-corrected chi connectivity index (χ4v) is 3.02. The first-order valence-electron chi connectivity index (χ1n) is 7.16. The van der Waals surface area contributed by atoms with E-state index in [9.17, 15) is 25.0 Å². The molecule has 0 aromatic heterocycles. The van der Waals surface area contributed by atoms with Gasteiger partial charge in [0.2, 0.25) is 5.91 Å². The van der Waals surface area contributed by atoms with Crippen LogP contribution in [-0.2, 0) is 4.79 Å². The summed E-state index contributed by atoms with van der Waals surface area (Å²) < 4.78 is 0. The van der Waals surface area contributed by atoms with Crippen LogP contribution in [0.3, 0.4) is 0 Å². The van der Waals surface area contributed by atoms with E-state index in [4.69, 9.17) is 0 Å². The molecule has 2 heterocycles. The van der Waals surface area contributed by atoms with Gasteiger partial charge in [0.05, 0.1) is 15.8 Å². The Morgan fingerprint density at radius 2 is 2.00 bits per heavy atom. The Morgan fingerprint density at radius 1 is 1.22 bits per heavy atom. The summed E-state index contributed by atoms with van der Waals surface area (Å²) in [6.07, 6.45) is 0.657. The van der Waals surface area contributed by atoms with E-state index in [2.05, 4.69) is 5.32 Å². The zero-order valence-corrected chi connectivity index (χ0v) is 12.1. The highest BCUT2D eigenvalue weighted by molar-refractivity contribution is 5.81. The van der Waals surface area contributed by atoms with Crippen molar-refractivity contribution < 1.29 is 14.6 Å². The van der Waals surface area contributed by atoms with Gasteiger partial charge < -0.3 is 5.32 Å². The number of carbonyl (C=O) groups excluding carboxylic acids is 1. The van der Waals surface area contributed by atoms with Crippen LogP contribution in [0, 0.1) is 20.2 Å². The van der Waals surface area contributed by atoms with Gasteiger partial charge in [0.1, 0.15) is 0 Å². The maximum atomic E-state index is 12.3. The quantitative estimate of drug-likeness (QED) is 0.663. The number of nitro groups is 2. The summed E-state index contributed by atoms with van der Waals surface area (Å²) in [5.41, 5.74) is 0.144. The molecular formula is C14H14N4O5. The van der Waals surface area contributed by atoms with E-state index in [1.165, 1.54) is 23.1 Å². The first kappa shape index (κ1) is 14.9. The van der Waals surface area contributed by atoms with Gasteiger partial charge in [0.25, 0.3) is 11.4 Å². The third-order valence-electron chi connectivity index (χ3n) is 4.05. The Bertz CT molecular complexity index is 730. The summed E-state index contributed by atoms with van der Waals surface area (Å²) in [6, 6.07) is 5.66. The molecule has 120 valence electrons. The molecule has 0 bridgehead atoms. The molecule has 23 heavy (non-hydrogen) atoms. The molecule has 1 N–H and O–H groups in total. The molecule has 9 heteroatoms. The lowest BCUT2D eigenvalue weighted by Crippen LogP contribution is -2.48. The first-order valence-corrected chi connectivity index (χ1v) is 7.16. The molecular weight excluding hydrogens is 304 g/mol. The van der Waals surface area contributed by atoms with Crippen molar-refractivity contribution in [3.8, 4) is 0 Å². The predicted octanol–water partition coefficient (Wildman–Crippen LogP) is 1.35. The number of nitrogens with zero attached hydrogens (tertiary/aromatic N) is 3. The Kier molecular flexibility index (Phi) is 3.68. The molecule has 3 rings (SSSR count). The maximum Gasteiger partial charge on any atom is 0.294 e. The van der Waals surface area contributed by atoms with Gasteiger partial charge >= 0.3 is 0 Å². The minimum Gasteiger partial charge on any atom is -0.366 e. The molecule has 0 spiro atoms. The zero-order chi connectivity index (χ0) is 16.6. The normalized spacial score (nSPS) is 20.8. The Labute approximate surface area is 130 Å². The molecule has 2 aliphatic rings. The molecule has 1 fully saturated rings. The zero-order valence-electron chi connectivity index (χ0n) is 12.1. The monoisotopic (exact) mass is 318 g/mol. The summed E-state index contributed by atoms with van der Waals surface area (Å²) in [6.45, 7) is 0.998. The Hall–Kier alpha value is -2.97. The van der Waals surface area contributed by atoms with Crippen molar-refractivity contribution in [2.45, 2.75) is 18.8 Å². The number of amides is 1. The molecule has 0 radical (unpaired) electrons. The van der Waals surface area contributed by atoms with E-state index >= 15 is 0 Å². The minimum atomic E-state index is -0.797. The summed E-state index contributed by atoms with van der Waals surface area (Å²) in [7, 11) is 0. The van der Waals surface area contributed by atoms with E-state index < -0.39 is 15.8 Å². The topological polar surface area (TPSA) is 119 Å². The van der Waals surface area contributed by atoms with E-state index in [1.54, 1.807) is 6.07 Å². The van der Waals surface area contributed by atoms with Crippen LogP contribution in [0.15, 0.2) is 35.8 Å². The molecule has 2 aliphatic heterocycles. The van der Waals surface area contributed by atoms with Gasteiger partial charge in [-0.1, -0.05) is 12.1 Å². The average Bonchev–Trinajstić information content (AvgIpc) is 2.54. The number of non-ortho nitro benzene ring substituents is 1. The SMILES string of the molecule is O=C1CC(c2cccc([N+](=O)[O-])c2)C([N+](=O)[O-])=C2NCCCN12. The number of fused-ring (bicyclic) bond motifs is 1. The summed E-state index contributed by atoms with van der Waals surface area (Å²) in [5.74, 6) is -0.794. The number of carbonyl (C=O) groups is 1. The number of nitro benzene ring substituents is 1. The lowest BCUT2D eigenvalue weighted by molar-refractivity contribution is -0.433. The van der Waals surface area contributed by atoms with Gasteiger partial charge in [0, 0.05) is 31.6 Å². The third-order valence-corrected chi connectivity index (χ3v) is 4.05. The lowest BCUT2D eigenvalue weighted by atomic mass is 9.88. The molecule has 9 nitrogen and oxygen atoms in total. The van der Waals surface area contributed by atoms with Gasteiger partial charge in [-0.2, -0.15) is 0 Å². The number of hydrogen-bond donors (Lipinski definition) is 1. The predicted molar refractivity (Wildman–Crippen MR) is 78.8 cm³/mol. The van der Waals surface area contributed by atoms with Gasteiger partial charge in [0.15, 0.2) is 5.82 Å². The second-order valence-electron chi connectivity index (χ2n) is 5.43. The molecule has 1 amide bonds. The van der Waals surface area contributed by atoms with Crippen molar-refractivity contribution in [2.24, 2.45) is 0 Å². The number of allylic oxidation sites excluding steroid dienone is 1. The fourth-order valence-electron chi connectivity index (χ4n) is 3.02. The van der Waals surface area contributed by atoms with Crippen LogP contribution in [-0.4, -0.2) is 33.7 Å². The Morgan fingerprint density at radius 3 is 2.70 bits per heavy atom. The molecule has 0 saturated carbocycles. The fraction of sp³-hybridized carbons (Fsp3) is 0.357. The van der Waals surface area contributed by atoms with Gasteiger partial charge in [-0.3, -0.25) is 29.9 Å². The van der Waals surface area contributed by atoms with Crippen molar-refractivity contribution in [3.63, 3.8) is 0 Å². The second-order valence-corrected chi connectivity index (χ2v) is 5.43. The van der Waals surface area contributed by atoms with Crippen molar-refractivity contribution in [3.05, 3.63) is 61.6 Å². The van der Waals surface area contributed by atoms with Crippen LogP contribution < -0.4 is 5.32 Å². The van der Waals surface area contributed by atoms with Crippen LogP contribution in [0.4, 0.5) is 5.69 Å². The molecule has 1 aromatic rings. The van der Waals surface area contributed by atoms with Crippen molar-refractivity contribution in [2.75, 3.05) is 13.1 Å². The first-order chi connectivity index (χ1) is 11.0. The highest BCUT2D eigenvalue weighted by atomic mass is 16.6. The molecule has 1 atom stereocenters. The van der Waals surface area contributed by atoms with Crippen LogP contribution in [0.1, 0.15) is 24.3 Å². The van der Waals surface area contributed by atoms with Crippen LogP contribution in [0.5, 0.6) is 0 Å². The second kappa shape index (κ2) is 5.67. The van der Waals surface area contributed by atoms with Crippen LogP contribution in [0.25, 0.3) is 0 Å². The number of nitrogens with one attached hydrogen (secondary N) is 1. The standard InChI is InChI=1S/C14H14N4O5/c19-12-8-11(9-3-1-4-10(7-9)17(20)21)13(18(22)23)14-15-5-2-6-16(12)14/h1,3-4,7,11,15H,2,5-6,8H2.